The Bertz CT molecular complexity index is 1320. The zero-order valence-electron chi connectivity index (χ0n) is 23.8. The molecule has 1 aliphatic heterocycles. The number of nitrogens with two attached hydrogens (primary N) is 1. The lowest BCUT2D eigenvalue weighted by molar-refractivity contribution is 0.208. The van der Waals surface area contributed by atoms with Gasteiger partial charge in [0.2, 0.25) is 0 Å². The minimum atomic E-state index is 0.398. The number of aromatic nitrogens is 3. The third-order valence-corrected chi connectivity index (χ3v) is 7.75. The van der Waals surface area contributed by atoms with Crippen LogP contribution in [0.4, 0.5) is 17.3 Å². The molecular formula is C30H41N7OS. The van der Waals surface area contributed by atoms with Crippen LogP contribution in [0.15, 0.2) is 47.9 Å². The predicted octanol–water partition coefficient (Wildman–Crippen LogP) is 5.88. The van der Waals surface area contributed by atoms with Gasteiger partial charge in [-0.1, -0.05) is 33.3 Å². The van der Waals surface area contributed by atoms with Crippen molar-refractivity contribution >= 4 is 51.1 Å². The van der Waals surface area contributed by atoms with Crippen LogP contribution < -0.4 is 16.0 Å². The summed E-state index contributed by atoms with van der Waals surface area (Å²) in [5.41, 5.74) is 10.2. The molecule has 0 saturated carbocycles. The van der Waals surface area contributed by atoms with E-state index in [1.54, 1.807) is 19.5 Å². The molecule has 4 rings (SSSR count). The summed E-state index contributed by atoms with van der Waals surface area (Å²) in [6.45, 7) is 9.92. The van der Waals surface area contributed by atoms with Gasteiger partial charge in [-0.2, -0.15) is 11.8 Å². The van der Waals surface area contributed by atoms with Gasteiger partial charge in [-0.25, -0.2) is 15.0 Å². The number of anilines is 3. The minimum absolute atomic E-state index is 0.398. The lowest BCUT2D eigenvalue weighted by Gasteiger charge is -2.41. The lowest BCUT2D eigenvalue weighted by atomic mass is 9.93. The molecule has 0 unspecified atom stereocenters. The Morgan fingerprint density at radius 2 is 2.05 bits per heavy atom. The summed E-state index contributed by atoms with van der Waals surface area (Å²) in [6, 6.07) is 8.52. The fraction of sp³-hybridized carbons (Fsp3) is 0.467. The van der Waals surface area contributed by atoms with Gasteiger partial charge in [0.15, 0.2) is 5.82 Å². The lowest BCUT2D eigenvalue weighted by Crippen LogP contribution is -2.48. The van der Waals surface area contributed by atoms with E-state index in [0.717, 1.165) is 49.0 Å². The zero-order valence-corrected chi connectivity index (χ0v) is 24.6. The molecule has 0 radical (unpaired) electrons. The molecule has 3 N–H and O–H groups in total. The molecule has 0 amide bonds. The highest BCUT2D eigenvalue weighted by Crippen LogP contribution is 2.37. The van der Waals surface area contributed by atoms with E-state index in [1.165, 1.54) is 27.8 Å². The van der Waals surface area contributed by atoms with E-state index in [-0.39, 0.29) is 0 Å². The number of nitrogens with one attached hydrogen (secondary N) is 1. The Balaban J connectivity index is 1.62. The van der Waals surface area contributed by atoms with Gasteiger partial charge in [0, 0.05) is 61.5 Å². The van der Waals surface area contributed by atoms with Crippen LogP contribution in [0.3, 0.4) is 0 Å². The van der Waals surface area contributed by atoms with Crippen molar-refractivity contribution in [1.29, 1.82) is 0 Å². The van der Waals surface area contributed by atoms with Crippen molar-refractivity contribution < 1.29 is 4.74 Å². The van der Waals surface area contributed by atoms with Crippen LogP contribution in [0.1, 0.15) is 50.9 Å². The Kier molecular flexibility index (Phi) is 10.2. The average Bonchev–Trinajstić information content (AvgIpc) is 2.90. The third kappa shape index (κ3) is 6.89. The van der Waals surface area contributed by atoms with E-state index in [1.807, 2.05) is 24.0 Å². The molecule has 0 atom stereocenters. The summed E-state index contributed by atoms with van der Waals surface area (Å²) in [7, 11) is 1.67. The highest BCUT2D eigenvalue weighted by Gasteiger charge is 2.28. The van der Waals surface area contributed by atoms with Crippen LogP contribution >= 0.6 is 11.8 Å². The Morgan fingerprint density at radius 1 is 1.23 bits per heavy atom. The first-order chi connectivity index (χ1) is 19.0. The standard InChI is InChI=1S/C30H41N7OS/c1-6-7-26(32-12-13-38-4)24(15-31)30-33-11-10-28(36-30)35-29-14-23-22(20(2)3)8-9-27(25(23)16-34-29)37-17-21(18-37)19-39-5/h8-11,14-16,20-21H,6-7,12-13,17-19,31H2,1-5H3,(H,33,34,35,36). The largest absolute Gasteiger partial charge is 0.404 e. The molecule has 3 aromatic rings. The maximum absolute atomic E-state index is 6.04. The monoisotopic (exact) mass is 547 g/mol. The van der Waals surface area contributed by atoms with Crippen molar-refractivity contribution in [2.45, 2.75) is 39.5 Å². The van der Waals surface area contributed by atoms with E-state index in [9.17, 15) is 0 Å². The summed E-state index contributed by atoms with van der Waals surface area (Å²) in [4.78, 5) is 21.2. The van der Waals surface area contributed by atoms with Gasteiger partial charge < -0.3 is 20.7 Å². The summed E-state index contributed by atoms with van der Waals surface area (Å²) in [5, 5.41) is 5.82. The van der Waals surface area contributed by atoms with Crippen molar-refractivity contribution in [2.75, 3.05) is 55.6 Å². The van der Waals surface area contributed by atoms with Crippen LogP contribution in [-0.4, -0.2) is 66.0 Å². The molecule has 3 heterocycles. The summed E-state index contributed by atoms with van der Waals surface area (Å²) >= 11 is 1.93. The predicted molar refractivity (Wildman–Crippen MR) is 166 cm³/mol. The SMILES string of the molecule is CCCC(=NCCOC)C(=CN)c1nccc(Nc2cc3c(C(C)C)ccc(N4CC(CSC)C4)c3cn2)n1. The van der Waals surface area contributed by atoms with Crippen LogP contribution in [-0.2, 0) is 4.74 Å². The van der Waals surface area contributed by atoms with E-state index in [0.29, 0.717) is 30.7 Å². The van der Waals surface area contributed by atoms with E-state index in [4.69, 9.17) is 25.4 Å². The van der Waals surface area contributed by atoms with Crippen LogP contribution in [0, 0.1) is 5.92 Å². The number of rotatable bonds is 13. The molecular weight excluding hydrogens is 506 g/mol. The van der Waals surface area contributed by atoms with Crippen molar-refractivity contribution in [3.05, 3.63) is 54.2 Å². The van der Waals surface area contributed by atoms with Crippen molar-refractivity contribution in [1.82, 2.24) is 15.0 Å². The Hall–Kier alpha value is -3.17. The highest BCUT2D eigenvalue weighted by molar-refractivity contribution is 7.98. The van der Waals surface area contributed by atoms with Crippen LogP contribution in [0.2, 0.25) is 0 Å². The van der Waals surface area contributed by atoms with Gasteiger partial charge in [-0.05, 0) is 53.5 Å². The fourth-order valence-corrected chi connectivity index (χ4v) is 5.68. The van der Waals surface area contributed by atoms with Gasteiger partial charge in [-0.15, -0.1) is 0 Å². The maximum atomic E-state index is 6.04. The van der Waals surface area contributed by atoms with Gasteiger partial charge in [0.05, 0.1) is 18.7 Å². The normalized spacial score (nSPS) is 14.8. The molecule has 8 nitrogen and oxygen atoms in total. The molecule has 0 aliphatic carbocycles. The van der Waals surface area contributed by atoms with Gasteiger partial charge in [0.1, 0.15) is 11.6 Å². The number of hydrogen-bond donors (Lipinski definition) is 2. The highest BCUT2D eigenvalue weighted by atomic mass is 32.2. The summed E-state index contributed by atoms with van der Waals surface area (Å²) in [6.07, 6.45) is 9.19. The number of fused-ring (bicyclic) bond motifs is 1. The van der Waals surface area contributed by atoms with E-state index in [2.05, 4.69) is 60.4 Å². The number of nitrogens with zero attached hydrogens (tertiary/aromatic N) is 5. The van der Waals surface area contributed by atoms with Crippen molar-refractivity contribution in [3.63, 3.8) is 0 Å². The van der Waals surface area contributed by atoms with E-state index >= 15 is 0 Å². The fourth-order valence-electron chi connectivity index (χ4n) is 5.00. The molecule has 0 spiro atoms. The van der Waals surface area contributed by atoms with Gasteiger partial charge >= 0.3 is 0 Å². The molecule has 0 bridgehead atoms. The minimum Gasteiger partial charge on any atom is -0.404 e. The molecule has 208 valence electrons. The average molecular weight is 548 g/mol. The second kappa shape index (κ2) is 13.8. The number of allylic oxidation sites excluding steroid dienone is 1. The quantitative estimate of drug-likeness (QED) is 0.202. The summed E-state index contributed by atoms with van der Waals surface area (Å²) in [5.74, 6) is 4.31. The van der Waals surface area contributed by atoms with Crippen molar-refractivity contribution in [2.24, 2.45) is 16.6 Å². The Labute approximate surface area is 236 Å². The molecule has 2 aromatic heterocycles. The molecule has 9 heteroatoms. The first-order valence-corrected chi connectivity index (χ1v) is 15.1. The van der Waals surface area contributed by atoms with Gasteiger partial charge in [0.25, 0.3) is 0 Å². The second-order valence-corrected chi connectivity index (χ2v) is 11.1. The second-order valence-electron chi connectivity index (χ2n) is 10.2. The molecule has 1 saturated heterocycles. The smallest absolute Gasteiger partial charge is 0.164 e. The number of pyridine rings is 1. The van der Waals surface area contributed by atoms with Crippen molar-refractivity contribution in [3.8, 4) is 0 Å². The number of thioether (sulfide) groups is 1. The molecule has 1 aromatic carbocycles. The number of ether oxygens (including phenoxy) is 1. The van der Waals surface area contributed by atoms with Crippen LogP contribution in [0.5, 0.6) is 0 Å². The van der Waals surface area contributed by atoms with Gasteiger partial charge in [-0.3, -0.25) is 4.99 Å². The van der Waals surface area contributed by atoms with E-state index < -0.39 is 0 Å². The number of methoxy groups -OCH3 is 1. The number of aliphatic imine (C=N–C) groups is 1. The number of hydrogen-bond acceptors (Lipinski definition) is 9. The maximum Gasteiger partial charge on any atom is 0.164 e. The first kappa shape index (κ1) is 28.8. The molecule has 39 heavy (non-hydrogen) atoms. The summed E-state index contributed by atoms with van der Waals surface area (Å²) < 4.78 is 5.16. The molecule has 1 fully saturated rings. The van der Waals surface area contributed by atoms with Crippen LogP contribution in [0.25, 0.3) is 16.3 Å². The first-order valence-electron chi connectivity index (χ1n) is 13.7. The Morgan fingerprint density at radius 3 is 2.74 bits per heavy atom. The topological polar surface area (TPSA) is 102 Å². The number of benzene rings is 1. The molecule has 1 aliphatic rings. The third-order valence-electron chi connectivity index (χ3n) is 6.95. The zero-order chi connectivity index (χ0) is 27.8.